The third-order valence-electron chi connectivity index (χ3n) is 4.46. The van der Waals surface area contributed by atoms with E-state index in [9.17, 15) is 0 Å². The lowest BCUT2D eigenvalue weighted by Crippen LogP contribution is -2.47. The summed E-state index contributed by atoms with van der Waals surface area (Å²) in [5.41, 5.74) is 5.84. The Balaban J connectivity index is 1.85. The monoisotopic (exact) mass is 291 g/mol. The van der Waals surface area contributed by atoms with Crippen molar-refractivity contribution in [3.8, 4) is 6.01 Å². The van der Waals surface area contributed by atoms with Gasteiger partial charge in [-0.15, -0.1) is 0 Å². The molecule has 21 heavy (non-hydrogen) atoms. The van der Waals surface area contributed by atoms with Crippen LogP contribution in [0.2, 0.25) is 0 Å². The molecule has 2 atom stereocenters. The van der Waals surface area contributed by atoms with E-state index in [1.165, 1.54) is 38.5 Å². The molecule has 0 aromatic carbocycles. The summed E-state index contributed by atoms with van der Waals surface area (Å²) in [6.07, 6.45) is 7.78. The Morgan fingerprint density at radius 2 is 1.86 bits per heavy atom. The fraction of sp³-hybridized carbons (Fsp3) is 0.800. The number of hydrogen-bond acceptors (Lipinski definition) is 6. The maximum Gasteiger partial charge on any atom is 0.323 e. The van der Waals surface area contributed by atoms with E-state index in [2.05, 4.69) is 19.9 Å². The molecule has 1 saturated carbocycles. The summed E-state index contributed by atoms with van der Waals surface area (Å²) in [6, 6.07) is 0.895. The van der Waals surface area contributed by atoms with Crippen molar-refractivity contribution in [1.29, 1.82) is 0 Å². The third-order valence-corrected chi connectivity index (χ3v) is 4.46. The Hall–Kier alpha value is -1.59. The third kappa shape index (κ3) is 3.19. The SMILES string of the molecule is CC(C)Oc1nc(N)nc(N2CCCC3CCCCC32)n1. The van der Waals surface area contributed by atoms with Crippen LogP contribution in [0.25, 0.3) is 0 Å². The van der Waals surface area contributed by atoms with Gasteiger partial charge in [0.25, 0.3) is 0 Å². The number of hydrogen-bond donors (Lipinski definition) is 1. The quantitative estimate of drug-likeness (QED) is 0.921. The maximum absolute atomic E-state index is 5.84. The molecule has 1 aliphatic heterocycles. The topological polar surface area (TPSA) is 77.2 Å². The lowest BCUT2D eigenvalue weighted by Gasteiger charge is -2.44. The predicted octanol–water partition coefficient (Wildman–Crippen LogP) is 2.40. The number of rotatable bonds is 3. The highest BCUT2D eigenvalue weighted by atomic mass is 16.5. The van der Waals surface area contributed by atoms with Gasteiger partial charge in [0.1, 0.15) is 0 Å². The van der Waals surface area contributed by atoms with Crippen molar-refractivity contribution >= 4 is 11.9 Å². The average molecular weight is 291 g/mol. The summed E-state index contributed by atoms with van der Waals surface area (Å²) in [6.45, 7) is 4.92. The van der Waals surface area contributed by atoms with Crippen molar-refractivity contribution in [3.63, 3.8) is 0 Å². The number of anilines is 2. The minimum Gasteiger partial charge on any atom is -0.461 e. The van der Waals surface area contributed by atoms with Gasteiger partial charge in [0.05, 0.1) is 6.10 Å². The molecule has 0 bridgehead atoms. The molecule has 2 fully saturated rings. The highest BCUT2D eigenvalue weighted by molar-refractivity contribution is 5.38. The highest BCUT2D eigenvalue weighted by Gasteiger charge is 2.34. The van der Waals surface area contributed by atoms with E-state index >= 15 is 0 Å². The second-order valence-corrected chi connectivity index (χ2v) is 6.39. The largest absolute Gasteiger partial charge is 0.461 e. The minimum atomic E-state index is 0.0310. The molecule has 0 spiro atoms. The number of nitrogens with zero attached hydrogens (tertiary/aromatic N) is 4. The molecule has 6 heteroatoms. The van der Waals surface area contributed by atoms with E-state index in [1.54, 1.807) is 0 Å². The first kappa shape index (κ1) is 14.4. The van der Waals surface area contributed by atoms with E-state index in [0.717, 1.165) is 12.5 Å². The molecule has 2 aliphatic rings. The van der Waals surface area contributed by atoms with Gasteiger partial charge in [0.2, 0.25) is 11.9 Å². The van der Waals surface area contributed by atoms with Crippen molar-refractivity contribution < 1.29 is 4.74 Å². The molecule has 1 aromatic heterocycles. The molecule has 1 saturated heterocycles. The molecule has 2 unspecified atom stereocenters. The van der Waals surface area contributed by atoms with Crippen LogP contribution in [0, 0.1) is 5.92 Å². The Labute approximate surface area is 126 Å². The molecule has 1 aromatic rings. The standard InChI is InChI=1S/C15H25N5O/c1-10(2)21-15-18-13(16)17-14(19-15)20-9-5-7-11-6-3-4-8-12(11)20/h10-12H,3-9H2,1-2H3,(H2,16,17,18,19). The van der Waals surface area contributed by atoms with Crippen molar-refractivity contribution in [2.45, 2.75) is 64.5 Å². The van der Waals surface area contributed by atoms with E-state index < -0.39 is 0 Å². The van der Waals surface area contributed by atoms with Crippen LogP contribution in [0.3, 0.4) is 0 Å². The van der Waals surface area contributed by atoms with Crippen LogP contribution in [0.1, 0.15) is 52.4 Å². The summed E-state index contributed by atoms with van der Waals surface area (Å²) >= 11 is 0. The van der Waals surface area contributed by atoms with Crippen LogP contribution < -0.4 is 15.4 Å². The van der Waals surface area contributed by atoms with Crippen molar-refractivity contribution in [3.05, 3.63) is 0 Å². The molecule has 1 aliphatic carbocycles. The Bertz CT molecular complexity index is 491. The molecular weight excluding hydrogens is 266 g/mol. The van der Waals surface area contributed by atoms with Gasteiger partial charge in [0, 0.05) is 12.6 Å². The molecular formula is C15H25N5O. The second kappa shape index (κ2) is 6.03. The highest BCUT2D eigenvalue weighted by Crippen LogP contribution is 2.37. The van der Waals surface area contributed by atoms with Crippen molar-refractivity contribution in [2.75, 3.05) is 17.2 Å². The number of nitrogens with two attached hydrogens (primary N) is 1. The molecule has 2 N–H and O–H groups in total. The van der Waals surface area contributed by atoms with Crippen molar-refractivity contribution in [1.82, 2.24) is 15.0 Å². The summed E-state index contributed by atoms with van der Waals surface area (Å²) in [5.74, 6) is 1.71. The van der Waals surface area contributed by atoms with Crippen molar-refractivity contribution in [2.24, 2.45) is 5.92 Å². The molecule has 116 valence electrons. The van der Waals surface area contributed by atoms with Gasteiger partial charge >= 0.3 is 6.01 Å². The van der Waals surface area contributed by atoms with E-state index in [4.69, 9.17) is 10.5 Å². The summed E-state index contributed by atoms with van der Waals surface area (Å²) in [4.78, 5) is 15.3. The van der Waals surface area contributed by atoms with E-state index in [0.29, 0.717) is 18.0 Å². The van der Waals surface area contributed by atoms with Gasteiger partial charge in [-0.05, 0) is 45.4 Å². The number of aromatic nitrogens is 3. The molecule has 3 rings (SSSR count). The Morgan fingerprint density at radius 1 is 1.10 bits per heavy atom. The zero-order valence-electron chi connectivity index (χ0n) is 13.0. The average Bonchev–Trinajstić information content (AvgIpc) is 2.45. The van der Waals surface area contributed by atoms with Crippen LogP contribution in [-0.4, -0.2) is 33.6 Å². The lowest BCUT2D eigenvalue weighted by molar-refractivity contribution is 0.219. The summed E-state index contributed by atoms with van der Waals surface area (Å²) in [7, 11) is 0. The fourth-order valence-corrected chi connectivity index (χ4v) is 3.63. The lowest BCUT2D eigenvalue weighted by atomic mass is 9.78. The van der Waals surface area contributed by atoms with E-state index in [1.807, 2.05) is 13.8 Å². The summed E-state index contributed by atoms with van der Waals surface area (Å²) in [5, 5.41) is 0. The van der Waals surface area contributed by atoms with E-state index in [-0.39, 0.29) is 12.1 Å². The minimum absolute atomic E-state index is 0.0310. The molecule has 6 nitrogen and oxygen atoms in total. The van der Waals surface area contributed by atoms with Crippen LogP contribution in [-0.2, 0) is 0 Å². The van der Waals surface area contributed by atoms with Gasteiger partial charge in [0.15, 0.2) is 0 Å². The van der Waals surface area contributed by atoms with Crippen LogP contribution in [0.15, 0.2) is 0 Å². The zero-order chi connectivity index (χ0) is 14.8. The number of ether oxygens (including phenoxy) is 1. The number of piperidine rings is 1. The molecule has 2 heterocycles. The maximum atomic E-state index is 5.84. The smallest absolute Gasteiger partial charge is 0.323 e. The van der Waals surface area contributed by atoms with Crippen LogP contribution >= 0.6 is 0 Å². The first-order chi connectivity index (χ1) is 10.1. The summed E-state index contributed by atoms with van der Waals surface area (Å²) < 4.78 is 5.59. The second-order valence-electron chi connectivity index (χ2n) is 6.39. The van der Waals surface area contributed by atoms with Gasteiger partial charge < -0.3 is 15.4 Å². The van der Waals surface area contributed by atoms with Gasteiger partial charge in [-0.2, -0.15) is 15.0 Å². The van der Waals surface area contributed by atoms with Crippen LogP contribution in [0.4, 0.5) is 11.9 Å². The zero-order valence-corrected chi connectivity index (χ0v) is 13.0. The predicted molar refractivity (Wildman–Crippen MR) is 82.3 cm³/mol. The fourth-order valence-electron chi connectivity index (χ4n) is 3.63. The number of fused-ring (bicyclic) bond motifs is 1. The van der Waals surface area contributed by atoms with Gasteiger partial charge in [-0.1, -0.05) is 12.8 Å². The normalized spacial score (nSPS) is 25.8. The number of nitrogen functional groups attached to an aromatic ring is 1. The van der Waals surface area contributed by atoms with Crippen LogP contribution in [0.5, 0.6) is 6.01 Å². The molecule has 0 radical (unpaired) electrons. The first-order valence-corrected chi connectivity index (χ1v) is 8.08. The Morgan fingerprint density at radius 3 is 2.67 bits per heavy atom. The first-order valence-electron chi connectivity index (χ1n) is 8.08. The van der Waals surface area contributed by atoms with Gasteiger partial charge in [-0.25, -0.2) is 0 Å². The molecule has 0 amide bonds. The Kier molecular flexibility index (Phi) is 4.12. The van der Waals surface area contributed by atoms with Gasteiger partial charge in [-0.3, -0.25) is 0 Å².